The third-order valence-corrected chi connectivity index (χ3v) is 4.85. The maximum Gasteiger partial charge on any atom is 0.0596 e. The smallest absolute Gasteiger partial charge is 0.0596 e. The van der Waals surface area contributed by atoms with Crippen LogP contribution in [0.1, 0.15) is 44.0 Å². The summed E-state index contributed by atoms with van der Waals surface area (Å²) in [5.74, 6) is 1.72. The van der Waals surface area contributed by atoms with E-state index in [1.165, 1.54) is 37.8 Å². The summed E-state index contributed by atoms with van der Waals surface area (Å²) in [4.78, 5) is 0. The second kappa shape index (κ2) is 6.03. The Balaban J connectivity index is 2.06. The highest BCUT2D eigenvalue weighted by molar-refractivity contribution is 9.09. The minimum Gasteiger partial charge on any atom is -0.270 e. The molecule has 17 heavy (non-hydrogen) atoms. The molecule has 1 aliphatic carbocycles. The highest BCUT2D eigenvalue weighted by Crippen LogP contribution is 2.34. The Hall–Kier alpha value is -0.310. The molecule has 0 aromatic carbocycles. The SMILES string of the molecule is CCn1nc(C)cc1CC(CBr)C1CCCC1. The van der Waals surface area contributed by atoms with Crippen LogP contribution in [-0.4, -0.2) is 15.1 Å². The zero-order chi connectivity index (χ0) is 12.3. The zero-order valence-electron chi connectivity index (χ0n) is 11.0. The van der Waals surface area contributed by atoms with Gasteiger partial charge in [0.25, 0.3) is 0 Å². The first-order valence-corrected chi connectivity index (χ1v) is 7.96. The van der Waals surface area contributed by atoms with Crippen LogP contribution in [0.4, 0.5) is 0 Å². The van der Waals surface area contributed by atoms with Crippen molar-refractivity contribution in [3.63, 3.8) is 0 Å². The maximum atomic E-state index is 4.54. The van der Waals surface area contributed by atoms with Crippen LogP contribution >= 0.6 is 15.9 Å². The first kappa shape index (κ1) is 13.1. The van der Waals surface area contributed by atoms with Crippen LogP contribution in [0.15, 0.2) is 6.07 Å². The number of aryl methyl sites for hydroxylation is 2. The van der Waals surface area contributed by atoms with Crippen molar-refractivity contribution in [2.24, 2.45) is 11.8 Å². The van der Waals surface area contributed by atoms with Gasteiger partial charge >= 0.3 is 0 Å². The van der Waals surface area contributed by atoms with Crippen LogP contribution in [0, 0.1) is 18.8 Å². The largest absolute Gasteiger partial charge is 0.270 e. The van der Waals surface area contributed by atoms with E-state index >= 15 is 0 Å². The van der Waals surface area contributed by atoms with Crippen LogP contribution in [0.5, 0.6) is 0 Å². The van der Waals surface area contributed by atoms with Crippen LogP contribution in [0.3, 0.4) is 0 Å². The Morgan fingerprint density at radius 2 is 2.18 bits per heavy atom. The molecule has 1 aromatic heterocycles. The van der Waals surface area contributed by atoms with Gasteiger partial charge in [0.05, 0.1) is 5.69 Å². The van der Waals surface area contributed by atoms with E-state index in [1.54, 1.807) is 0 Å². The molecular weight excluding hydrogens is 276 g/mol. The quantitative estimate of drug-likeness (QED) is 0.753. The summed E-state index contributed by atoms with van der Waals surface area (Å²) in [7, 11) is 0. The Labute approximate surface area is 113 Å². The molecule has 3 heteroatoms. The maximum absolute atomic E-state index is 4.54. The highest BCUT2D eigenvalue weighted by Gasteiger charge is 2.25. The van der Waals surface area contributed by atoms with E-state index in [9.17, 15) is 0 Å². The number of hydrogen-bond acceptors (Lipinski definition) is 1. The average Bonchev–Trinajstić information content (AvgIpc) is 2.94. The van der Waals surface area contributed by atoms with Crippen molar-refractivity contribution >= 4 is 15.9 Å². The molecule has 2 rings (SSSR count). The molecule has 0 spiro atoms. The van der Waals surface area contributed by atoms with Gasteiger partial charge in [-0.25, -0.2) is 0 Å². The van der Waals surface area contributed by atoms with E-state index in [4.69, 9.17) is 0 Å². The molecule has 96 valence electrons. The Bertz CT molecular complexity index is 353. The predicted octanol–water partition coefficient (Wildman–Crippen LogP) is 3.96. The Morgan fingerprint density at radius 3 is 2.76 bits per heavy atom. The second-order valence-corrected chi connectivity index (χ2v) is 5.90. The van der Waals surface area contributed by atoms with Crippen LogP contribution in [-0.2, 0) is 13.0 Å². The molecule has 1 aliphatic rings. The molecule has 0 aliphatic heterocycles. The van der Waals surface area contributed by atoms with E-state index in [1.807, 2.05) is 0 Å². The molecule has 1 atom stereocenters. The fourth-order valence-corrected chi connectivity index (χ4v) is 3.84. The van der Waals surface area contributed by atoms with Crippen LogP contribution < -0.4 is 0 Å². The first-order chi connectivity index (χ1) is 8.24. The van der Waals surface area contributed by atoms with Gasteiger partial charge in [-0.05, 0) is 38.2 Å². The first-order valence-electron chi connectivity index (χ1n) is 6.84. The lowest BCUT2D eigenvalue weighted by molar-refractivity contribution is 0.364. The van der Waals surface area contributed by atoms with Gasteiger partial charge < -0.3 is 0 Å². The lowest BCUT2D eigenvalue weighted by Gasteiger charge is -2.21. The van der Waals surface area contributed by atoms with Gasteiger partial charge in [0.1, 0.15) is 0 Å². The molecule has 1 heterocycles. The lowest BCUT2D eigenvalue weighted by atomic mass is 9.88. The average molecular weight is 299 g/mol. The van der Waals surface area contributed by atoms with Crippen LogP contribution in [0.2, 0.25) is 0 Å². The molecule has 0 N–H and O–H groups in total. The second-order valence-electron chi connectivity index (χ2n) is 5.26. The normalized spacial score (nSPS) is 18.8. The van der Waals surface area contributed by atoms with E-state index in [0.29, 0.717) is 0 Å². The molecule has 1 aromatic rings. The van der Waals surface area contributed by atoms with E-state index in [-0.39, 0.29) is 0 Å². The molecule has 1 unspecified atom stereocenters. The number of halogens is 1. The fraction of sp³-hybridized carbons (Fsp3) is 0.786. The summed E-state index contributed by atoms with van der Waals surface area (Å²) in [6, 6.07) is 2.26. The van der Waals surface area contributed by atoms with Gasteiger partial charge in [-0.1, -0.05) is 41.6 Å². The number of nitrogens with zero attached hydrogens (tertiary/aromatic N) is 2. The topological polar surface area (TPSA) is 17.8 Å². The van der Waals surface area contributed by atoms with Crippen molar-refractivity contribution in [3.8, 4) is 0 Å². The zero-order valence-corrected chi connectivity index (χ0v) is 12.5. The van der Waals surface area contributed by atoms with E-state index in [2.05, 4.69) is 45.6 Å². The third kappa shape index (κ3) is 3.12. The molecular formula is C14H23BrN2. The van der Waals surface area contributed by atoms with E-state index in [0.717, 1.165) is 29.4 Å². The van der Waals surface area contributed by atoms with Crippen molar-refractivity contribution in [1.82, 2.24) is 9.78 Å². The van der Waals surface area contributed by atoms with Crippen molar-refractivity contribution < 1.29 is 0 Å². The van der Waals surface area contributed by atoms with Gasteiger partial charge in [0.2, 0.25) is 0 Å². The molecule has 1 fully saturated rings. The molecule has 0 amide bonds. The summed E-state index contributed by atoms with van der Waals surface area (Å²) >= 11 is 3.71. The van der Waals surface area contributed by atoms with Gasteiger partial charge in [-0.3, -0.25) is 4.68 Å². The van der Waals surface area contributed by atoms with Crippen molar-refractivity contribution in [1.29, 1.82) is 0 Å². The third-order valence-electron chi connectivity index (χ3n) is 4.02. The van der Waals surface area contributed by atoms with Crippen molar-refractivity contribution in [2.75, 3.05) is 5.33 Å². The highest BCUT2D eigenvalue weighted by atomic mass is 79.9. The van der Waals surface area contributed by atoms with Gasteiger partial charge in [-0.15, -0.1) is 0 Å². The van der Waals surface area contributed by atoms with Gasteiger partial charge in [0.15, 0.2) is 0 Å². The van der Waals surface area contributed by atoms with Crippen molar-refractivity contribution in [2.45, 2.75) is 52.5 Å². The molecule has 1 saturated carbocycles. The molecule has 0 radical (unpaired) electrons. The Kier molecular flexibility index (Phi) is 4.66. The summed E-state index contributed by atoms with van der Waals surface area (Å²) in [5.41, 5.74) is 2.57. The number of rotatable bonds is 5. The number of hydrogen-bond donors (Lipinski definition) is 0. The number of alkyl halides is 1. The summed E-state index contributed by atoms with van der Waals surface area (Å²) in [6.07, 6.45) is 6.90. The summed E-state index contributed by atoms with van der Waals surface area (Å²) in [6.45, 7) is 5.26. The lowest BCUT2D eigenvalue weighted by Crippen LogP contribution is -2.18. The Morgan fingerprint density at radius 1 is 1.47 bits per heavy atom. The fourth-order valence-electron chi connectivity index (χ4n) is 3.08. The standard InChI is InChI=1S/C14H23BrN2/c1-3-17-14(8-11(2)16-17)9-13(10-15)12-6-4-5-7-12/h8,12-13H,3-7,9-10H2,1-2H3. The summed E-state index contributed by atoms with van der Waals surface area (Å²) in [5, 5.41) is 5.68. The minimum atomic E-state index is 0.791. The summed E-state index contributed by atoms with van der Waals surface area (Å²) < 4.78 is 2.17. The van der Waals surface area contributed by atoms with Crippen LogP contribution in [0.25, 0.3) is 0 Å². The number of aromatic nitrogens is 2. The minimum absolute atomic E-state index is 0.791. The molecule has 0 saturated heterocycles. The predicted molar refractivity (Wildman–Crippen MR) is 75.6 cm³/mol. The van der Waals surface area contributed by atoms with E-state index < -0.39 is 0 Å². The molecule has 2 nitrogen and oxygen atoms in total. The van der Waals surface area contributed by atoms with Gasteiger partial charge in [0, 0.05) is 17.6 Å². The van der Waals surface area contributed by atoms with Gasteiger partial charge in [-0.2, -0.15) is 5.10 Å². The van der Waals surface area contributed by atoms with Crippen molar-refractivity contribution in [3.05, 3.63) is 17.5 Å². The monoisotopic (exact) mass is 298 g/mol. The molecule has 0 bridgehead atoms.